The maximum atomic E-state index is 14.1. The molecule has 1 aliphatic heterocycles. The fourth-order valence-electron chi connectivity index (χ4n) is 8.46. The van der Waals surface area contributed by atoms with Crippen LogP contribution in [0.1, 0.15) is 233 Å². The van der Waals surface area contributed by atoms with Gasteiger partial charge in [-0.1, -0.05) is 188 Å². The number of aliphatic hydroxyl groups is 3. The van der Waals surface area contributed by atoms with E-state index in [1.165, 1.54) is 122 Å². The molecule has 1 saturated heterocycles. The first kappa shape index (κ1) is 56.7. The third kappa shape index (κ3) is 27.5. The summed E-state index contributed by atoms with van der Waals surface area (Å²) in [5, 5.41) is 47.1. The number of carbonyl (C=O) groups is 4. The molecule has 0 aromatic carbocycles. The summed E-state index contributed by atoms with van der Waals surface area (Å²) in [6.45, 7) is 8.05. The molecule has 6 atom stereocenters. The highest BCUT2D eigenvalue weighted by Gasteiger charge is 2.48. The predicted octanol–water partition coefficient (Wildman–Crippen LogP) is 9.49. The van der Waals surface area contributed by atoms with Crippen molar-refractivity contribution in [3.8, 4) is 0 Å². The lowest BCUT2D eigenvalue weighted by molar-refractivity contribution is -0.231. The van der Waals surface area contributed by atoms with Gasteiger partial charge in [0.2, 0.25) is 17.7 Å². The summed E-state index contributed by atoms with van der Waals surface area (Å²) in [5.41, 5.74) is 0. The average molecular weight is 868 g/mol. The standard InChI is InChI=1S/C49H93N3O9/c1-5-7-9-11-13-15-17-19-20-21-22-24-26-28-30-34-43(55)52(36-31-29-27-25-23-18-16-14-12-10-8-6-2)49-45(47(59)46(58)41(38-53)61-49)51-48(60)40(37-39(3)4)50-42(54)33-32-35-44(56)57/h39-41,45-47,49,53,58-59H,5-38H2,1-4H3,(H,50,54)(H,51,60)(H,56,57)/t40-,41+,45-,46+,47+,49+/m0/s1. The van der Waals surface area contributed by atoms with Gasteiger partial charge in [0.05, 0.1) is 6.61 Å². The largest absolute Gasteiger partial charge is 0.481 e. The third-order valence-corrected chi connectivity index (χ3v) is 12.2. The lowest BCUT2D eigenvalue weighted by Gasteiger charge is -2.47. The Bertz CT molecular complexity index is 1120. The van der Waals surface area contributed by atoms with Gasteiger partial charge in [0, 0.05) is 25.8 Å². The van der Waals surface area contributed by atoms with E-state index in [-0.39, 0.29) is 43.9 Å². The van der Waals surface area contributed by atoms with Crippen molar-refractivity contribution in [2.24, 2.45) is 5.92 Å². The Labute approximate surface area is 371 Å². The van der Waals surface area contributed by atoms with Gasteiger partial charge in [-0.05, 0) is 31.6 Å². The van der Waals surface area contributed by atoms with Crippen molar-refractivity contribution in [1.82, 2.24) is 15.5 Å². The zero-order chi connectivity index (χ0) is 45.1. The Kier molecular flexibility index (Phi) is 34.5. The molecular weight excluding hydrogens is 775 g/mol. The summed E-state index contributed by atoms with van der Waals surface area (Å²) in [6.07, 6.45) is 27.3. The van der Waals surface area contributed by atoms with Crippen LogP contribution in [0.2, 0.25) is 0 Å². The van der Waals surface area contributed by atoms with Crippen LogP contribution in [-0.4, -0.2) is 98.8 Å². The summed E-state index contributed by atoms with van der Waals surface area (Å²) >= 11 is 0. The quantitative estimate of drug-likeness (QED) is 0.0327. The summed E-state index contributed by atoms with van der Waals surface area (Å²) in [5.74, 6) is -2.24. The summed E-state index contributed by atoms with van der Waals surface area (Å²) < 4.78 is 6.21. The van der Waals surface area contributed by atoms with Crippen LogP contribution in [0.5, 0.6) is 0 Å². The molecule has 3 amide bonds. The molecule has 0 radical (unpaired) electrons. The topological polar surface area (TPSA) is 186 Å². The number of amides is 3. The van der Waals surface area contributed by atoms with Crippen molar-refractivity contribution >= 4 is 23.7 Å². The van der Waals surface area contributed by atoms with Crippen molar-refractivity contribution in [2.45, 2.75) is 270 Å². The number of aliphatic carboxylic acids is 1. The van der Waals surface area contributed by atoms with E-state index in [0.29, 0.717) is 19.4 Å². The van der Waals surface area contributed by atoms with Crippen LogP contribution < -0.4 is 10.6 Å². The van der Waals surface area contributed by atoms with E-state index >= 15 is 0 Å². The maximum Gasteiger partial charge on any atom is 0.303 e. The van der Waals surface area contributed by atoms with Gasteiger partial charge in [-0.2, -0.15) is 0 Å². The van der Waals surface area contributed by atoms with Crippen molar-refractivity contribution in [1.29, 1.82) is 0 Å². The molecule has 0 aromatic heterocycles. The van der Waals surface area contributed by atoms with Gasteiger partial charge < -0.3 is 40.7 Å². The summed E-state index contributed by atoms with van der Waals surface area (Å²) in [7, 11) is 0. The molecule has 0 aliphatic carbocycles. The van der Waals surface area contributed by atoms with Crippen LogP contribution >= 0.6 is 0 Å². The number of unbranched alkanes of at least 4 members (excludes halogenated alkanes) is 25. The van der Waals surface area contributed by atoms with Gasteiger partial charge in [-0.25, -0.2) is 0 Å². The molecule has 0 unspecified atom stereocenters. The first-order valence-corrected chi connectivity index (χ1v) is 25.2. The van der Waals surface area contributed by atoms with E-state index in [0.717, 1.165) is 38.5 Å². The van der Waals surface area contributed by atoms with Crippen LogP contribution in [0.3, 0.4) is 0 Å². The normalized spacial score (nSPS) is 19.5. The zero-order valence-electron chi connectivity index (χ0n) is 39.4. The molecule has 6 N–H and O–H groups in total. The first-order valence-electron chi connectivity index (χ1n) is 25.2. The van der Waals surface area contributed by atoms with Crippen molar-refractivity contribution < 1.29 is 44.3 Å². The Morgan fingerprint density at radius 2 is 1.03 bits per heavy atom. The second-order valence-corrected chi connectivity index (χ2v) is 18.4. The Morgan fingerprint density at radius 3 is 1.46 bits per heavy atom. The van der Waals surface area contributed by atoms with E-state index in [4.69, 9.17) is 9.84 Å². The number of aliphatic hydroxyl groups excluding tert-OH is 3. The minimum atomic E-state index is -1.56. The van der Waals surface area contributed by atoms with Crippen molar-refractivity contribution in [3.05, 3.63) is 0 Å². The highest BCUT2D eigenvalue weighted by Crippen LogP contribution is 2.26. The molecule has 0 spiro atoms. The van der Waals surface area contributed by atoms with E-state index in [1.807, 2.05) is 13.8 Å². The number of rotatable bonds is 40. The molecular formula is C49H93N3O9. The van der Waals surface area contributed by atoms with Gasteiger partial charge in [-0.3, -0.25) is 19.2 Å². The number of carbonyl (C=O) groups excluding carboxylic acids is 3. The molecule has 12 heteroatoms. The lowest BCUT2D eigenvalue weighted by atomic mass is 9.93. The summed E-state index contributed by atoms with van der Waals surface area (Å²) in [4.78, 5) is 53.3. The molecule has 0 saturated carbocycles. The number of nitrogens with one attached hydrogen (secondary N) is 2. The number of nitrogens with zero attached hydrogens (tertiary/aromatic N) is 1. The monoisotopic (exact) mass is 868 g/mol. The van der Waals surface area contributed by atoms with Crippen molar-refractivity contribution in [2.75, 3.05) is 13.2 Å². The third-order valence-electron chi connectivity index (χ3n) is 12.2. The number of hydrogen-bond donors (Lipinski definition) is 6. The second kappa shape index (κ2) is 37.1. The molecule has 358 valence electrons. The van der Waals surface area contributed by atoms with Gasteiger partial charge in [0.15, 0.2) is 6.23 Å². The van der Waals surface area contributed by atoms with Crippen LogP contribution in [0, 0.1) is 5.92 Å². The summed E-state index contributed by atoms with van der Waals surface area (Å²) in [6, 6.07) is -2.23. The fraction of sp³-hybridized carbons (Fsp3) is 0.918. The number of carboxylic acid groups (broad SMARTS) is 1. The highest BCUT2D eigenvalue weighted by atomic mass is 16.5. The molecule has 61 heavy (non-hydrogen) atoms. The highest BCUT2D eigenvalue weighted by molar-refractivity contribution is 5.88. The number of carboxylic acids is 1. The van der Waals surface area contributed by atoms with Crippen LogP contribution in [-0.2, 0) is 23.9 Å². The minimum Gasteiger partial charge on any atom is -0.481 e. The second-order valence-electron chi connectivity index (χ2n) is 18.4. The Hall–Kier alpha value is -2.28. The van der Waals surface area contributed by atoms with Crippen LogP contribution in [0.15, 0.2) is 0 Å². The zero-order valence-corrected chi connectivity index (χ0v) is 39.4. The molecule has 0 bridgehead atoms. The lowest BCUT2D eigenvalue weighted by Crippen LogP contribution is -2.70. The average Bonchev–Trinajstić information content (AvgIpc) is 3.22. The number of hydrogen-bond acceptors (Lipinski definition) is 8. The molecule has 1 rings (SSSR count). The maximum absolute atomic E-state index is 14.1. The molecule has 0 aromatic rings. The fourth-order valence-corrected chi connectivity index (χ4v) is 8.46. The smallest absolute Gasteiger partial charge is 0.303 e. The molecule has 1 fully saturated rings. The minimum absolute atomic E-state index is 0.00142. The molecule has 1 aliphatic rings. The SMILES string of the molecule is CCCCCCCCCCCCCCCCCC(=O)N(CCCCCCCCCCCCCC)[C@@H]1O[C@H](CO)[C@@H](O)[C@H](O)[C@@H]1NC(=O)[C@H](CC(C)C)NC(=O)CCCC(=O)O. The Morgan fingerprint density at radius 1 is 0.590 bits per heavy atom. The van der Waals surface area contributed by atoms with Gasteiger partial charge in [0.25, 0.3) is 0 Å². The molecule has 1 heterocycles. The van der Waals surface area contributed by atoms with E-state index in [1.54, 1.807) is 4.90 Å². The van der Waals surface area contributed by atoms with E-state index < -0.39 is 61.0 Å². The van der Waals surface area contributed by atoms with E-state index in [9.17, 15) is 34.5 Å². The van der Waals surface area contributed by atoms with Gasteiger partial charge in [-0.15, -0.1) is 0 Å². The van der Waals surface area contributed by atoms with Crippen molar-refractivity contribution in [3.63, 3.8) is 0 Å². The van der Waals surface area contributed by atoms with Gasteiger partial charge >= 0.3 is 5.97 Å². The van der Waals surface area contributed by atoms with Crippen LogP contribution in [0.4, 0.5) is 0 Å². The number of ether oxygens (including phenoxy) is 1. The molecule has 12 nitrogen and oxygen atoms in total. The first-order chi connectivity index (χ1) is 29.5. The van der Waals surface area contributed by atoms with Crippen LogP contribution in [0.25, 0.3) is 0 Å². The van der Waals surface area contributed by atoms with E-state index in [2.05, 4.69) is 24.5 Å². The predicted molar refractivity (Wildman–Crippen MR) is 245 cm³/mol. The Balaban J connectivity index is 2.94. The van der Waals surface area contributed by atoms with Gasteiger partial charge in [0.1, 0.15) is 30.4 Å².